The van der Waals surface area contributed by atoms with Gasteiger partial charge in [-0.3, -0.25) is 0 Å². The van der Waals surface area contributed by atoms with Crippen LogP contribution in [0.3, 0.4) is 0 Å². The quantitative estimate of drug-likeness (QED) is 0.831. The first-order valence-electron chi connectivity index (χ1n) is 6.63. The van der Waals surface area contributed by atoms with E-state index in [1.807, 2.05) is 17.8 Å². The van der Waals surface area contributed by atoms with Crippen LogP contribution in [0.25, 0.3) is 0 Å². The normalized spacial score (nSPS) is 23.3. The number of hydrogen-bond acceptors (Lipinski definition) is 5. The number of rotatable bonds is 5. The maximum atomic E-state index is 5.59. The second kappa shape index (κ2) is 6.38. The molecule has 1 N–H and O–H groups in total. The Hall–Kier alpha value is -0.810. The van der Waals surface area contributed by atoms with Crippen LogP contribution in [0.15, 0.2) is 11.1 Å². The highest BCUT2D eigenvalue weighted by Gasteiger charge is 2.25. The van der Waals surface area contributed by atoms with E-state index in [-0.39, 0.29) is 0 Å². The Kier molecular flexibility index (Phi) is 4.83. The molecule has 0 saturated carbocycles. The molecule has 0 aromatic carbocycles. The Morgan fingerprint density at radius 3 is 2.89 bits per heavy atom. The molecule has 2 atom stereocenters. The van der Waals surface area contributed by atoms with Crippen LogP contribution in [0.1, 0.15) is 33.0 Å². The zero-order valence-corrected chi connectivity index (χ0v) is 12.1. The van der Waals surface area contributed by atoms with Crippen molar-refractivity contribution in [3.05, 3.63) is 11.9 Å². The lowest BCUT2D eigenvalue weighted by molar-refractivity contribution is 0.127. The van der Waals surface area contributed by atoms with Crippen molar-refractivity contribution in [3.8, 4) is 0 Å². The first-order valence-corrected chi connectivity index (χ1v) is 7.51. The third kappa shape index (κ3) is 3.36. The van der Waals surface area contributed by atoms with Crippen molar-refractivity contribution in [2.45, 2.75) is 50.0 Å². The number of aromatic nitrogens is 2. The van der Waals surface area contributed by atoms with E-state index in [2.05, 4.69) is 36.1 Å². The highest BCUT2D eigenvalue weighted by atomic mass is 32.2. The standard InChI is InChI=1S/C13H21N3OS/c1-4-11-15-12(14-5-2)8-13(16-11)18-10-6-7-17-9(10)3/h8-10H,4-7H2,1-3H3,(H,14,15,16). The molecular weight excluding hydrogens is 246 g/mol. The van der Waals surface area contributed by atoms with Crippen LogP contribution in [0.5, 0.6) is 0 Å². The van der Waals surface area contributed by atoms with Crippen LogP contribution in [0, 0.1) is 0 Å². The average molecular weight is 267 g/mol. The highest BCUT2D eigenvalue weighted by Crippen LogP contribution is 2.32. The SMILES string of the molecule is CCNc1cc(SC2CCOC2C)nc(CC)n1. The summed E-state index contributed by atoms with van der Waals surface area (Å²) in [5, 5.41) is 4.83. The van der Waals surface area contributed by atoms with Gasteiger partial charge in [-0.05, 0) is 20.3 Å². The predicted octanol–water partition coefficient (Wildman–Crippen LogP) is 2.74. The van der Waals surface area contributed by atoms with Crippen molar-refractivity contribution in [1.29, 1.82) is 0 Å². The lowest BCUT2D eigenvalue weighted by Gasteiger charge is -2.14. The average Bonchev–Trinajstić information content (AvgIpc) is 2.75. The second-order valence-electron chi connectivity index (χ2n) is 4.41. The fourth-order valence-corrected chi connectivity index (χ4v) is 3.12. The van der Waals surface area contributed by atoms with Gasteiger partial charge in [-0.25, -0.2) is 9.97 Å². The molecule has 1 aromatic rings. The fourth-order valence-electron chi connectivity index (χ4n) is 1.98. The number of ether oxygens (including phenoxy) is 1. The van der Waals surface area contributed by atoms with Crippen LogP contribution in [0.2, 0.25) is 0 Å². The summed E-state index contributed by atoms with van der Waals surface area (Å²) in [6.07, 6.45) is 2.29. The molecular formula is C13H21N3OS. The van der Waals surface area contributed by atoms with Crippen molar-refractivity contribution >= 4 is 17.6 Å². The lowest BCUT2D eigenvalue weighted by Crippen LogP contribution is -2.14. The third-order valence-corrected chi connectivity index (χ3v) is 4.37. The van der Waals surface area contributed by atoms with Gasteiger partial charge in [0.05, 0.1) is 6.10 Å². The van der Waals surface area contributed by atoms with Gasteiger partial charge in [-0.2, -0.15) is 0 Å². The summed E-state index contributed by atoms with van der Waals surface area (Å²) in [6, 6.07) is 2.04. The highest BCUT2D eigenvalue weighted by molar-refractivity contribution is 7.99. The van der Waals surface area contributed by atoms with Crippen LogP contribution in [0.4, 0.5) is 5.82 Å². The Morgan fingerprint density at radius 2 is 2.28 bits per heavy atom. The van der Waals surface area contributed by atoms with Gasteiger partial charge in [-0.1, -0.05) is 6.92 Å². The molecule has 18 heavy (non-hydrogen) atoms. The first-order chi connectivity index (χ1) is 8.72. The van der Waals surface area contributed by atoms with E-state index in [0.717, 1.165) is 42.7 Å². The zero-order valence-electron chi connectivity index (χ0n) is 11.3. The molecule has 5 heteroatoms. The number of anilines is 1. The molecule has 1 fully saturated rings. The van der Waals surface area contributed by atoms with E-state index in [1.165, 1.54) is 0 Å². The smallest absolute Gasteiger partial charge is 0.131 e. The molecule has 2 heterocycles. The maximum absolute atomic E-state index is 5.59. The minimum absolute atomic E-state index is 0.317. The van der Waals surface area contributed by atoms with Crippen LogP contribution in [-0.2, 0) is 11.2 Å². The van der Waals surface area contributed by atoms with Crippen molar-refractivity contribution in [3.63, 3.8) is 0 Å². The van der Waals surface area contributed by atoms with E-state index in [9.17, 15) is 0 Å². The van der Waals surface area contributed by atoms with Gasteiger partial charge >= 0.3 is 0 Å². The summed E-state index contributed by atoms with van der Waals surface area (Å²) < 4.78 is 5.59. The van der Waals surface area contributed by atoms with Gasteiger partial charge < -0.3 is 10.1 Å². The molecule has 4 nitrogen and oxygen atoms in total. The molecule has 0 aliphatic carbocycles. The minimum atomic E-state index is 0.317. The summed E-state index contributed by atoms with van der Waals surface area (Å²) in [5.74, 6) is 1.83. The molecule has 100 valence electrons. The summed E-state index contributed by atoms with van der Waals surface area (Å²) in [6.45, 7) is 8.05. The number of aryl methyl sites for hydroxylation is 1. The fraction of sp³-hybridized carbons (Fsp3) is 0.692. The van der Waals surface area contributed by atoms with E-state index in [1.54, 1.807) is 0 Å². The van der Waals surface area contributed by atoms with Gasteiger partial charge in [0, 0.05) is 30.9 Å². The first kappa shape index (κ1) is 13.6. The van der Waals surface area contributed by atoms with Crippen LogP contribution >= 0.6 is 11.8 Å². The molecule has 1 aliphatic heterocycles. The summed E-state index contributed by atoms with van der Waals surface area (Å²) in [5.41, 5.74) is 0. The van der Waals surface area contributed by atoms with Gasteiger partial charge in [-0.15, -0.1) is 11.8 Å². The predicted molar refractivity (Wildman–Crippen MR) is 75.2 cm³/mol. The monoisotopic (exact) mass is 267 g/mol. The molecule has 1 saturated heterocycles. The molecule has 1 aliphatic rings. The van der Waals surface area contributed by atoms with Gasteiger partial charge in [0.25, 0.3) is 0 Å². The molecule has 2 unspecified atom stereocenters. The van der Waals surface area contributed by atoms with E-state index in [0.29, 0.717) is 11.4 Å². The molecule has 0 spiro atoms. The van der Waals surface area contributed by atoms with Gasteiger partial charge in [0.2, 0.25) is 0 Å². The molecule has 0 amide bonds. The molecule has 0 radical (unpaired) electrons. The van der Waals surface area contributed by atoms with Crippen molar-refractivity contribution in [2.75, 3.05) is 18.5 Å². The minimum Gasteiger partial charge on any atom is -0.377 e. The third-order valence-electron chi connectivity index (χ3n) is 3.00. The summed E-state index contributed by atoms with van der Waals surface area (Å²) in [7, 11) is 0. The van der Waals surface area contributed by atoms with Crippen LogP contribution in [-0.4, -0.2) is 34.5 Å². The number of nitrogens with one attached hydrogen (secondary N) is 1. The molecule has 2 rings (SSSR count). The zero-order chi connectivity index (χ0) is 13.0. The van der Waals surface area contributed by atoms with Crippen LogP contribution < -0.4 is 5.32 Å². The lowest BCUT2D eigenvalue weighted by atomic mass is 10.3. The number of nitrogens with zero attached hydrogens (tertiary/aromatic N) is 2. The van der Waals surface area contributed by atoms with Crippen molar-refractivity contribution < 1.29 is 4.74 Å². The Labute approximate surface area is 113 Å². The van der Waals surface area contributed by atoms with E-state index < -0.39 is 0 Å². The largest absolute Gasteiger partial charge is 0.377 e. The maximum Gasteiger partial charge on any atom is 0.131 e. The van der Waals surface area contributed by atoms with Crippen molar-refractivity contribution in [2.24, 2.45) is 0 Å². The summed E-state index contributed by atoms with van der Waals surface area (Å²) in [4.78, 5) is 9.06. The van der Waals surface area contributed by atoms with E-state index in [4.69, 9.17) is 4.74 Å². The number of thioether (sulfide) groups is 1. The number of hydrogen-bond donors (Lipinski definition) is 1. The second-order valence-corrected chi connectivity index (χ2v) is 5.67. The molecule has 0 bridgehead atoms. The topological polar surface area (TPSA) is 47.0 Å². The Morgan fingerprint density at radius 1 is 1.44 bits per heavy atom. The van der Waals surface area contributed by atoms with Gasteiger partial charge in [0.15, 0.2) is 0 Å². The van der Waals surface area contributed by atoms with E-state index >= 15 is 0 Å². The summed E-state index contributed by atoms with van der Waals surface area (Å²) >= 11 is 1.81. The van der Waals surface area contributed by atoms with Crippen molar-refractivity contribution in [1.82, 2.24) is 9.97 Å². The Balaban J connectivity index is 2.12. The Bertz CT molecular complexity index is 400. The molecule has 1 aromatic heterocycles. The van der Waals surface area contributed by atoms with Gasteiger partial charge in [0.1, 0.15) is 16.7 Å².